The number of hydrogen-bond acceptors (Lipinski definition) is 4. The number of ether oxygens (including phenoxy) is 1. The lowest BCUT2D eigenvalue weighted by Crippen LogP contribution is -2.45. The van der Waals surface area contributed by atoms with Gasteiger partial charge in [0.2, 0.25) is 0 Å². The zero-order chi connectivity index (χ0) is 13.2. The fraction of sp³-hybridized carbons (Fsp3) is 0.357. The number of aliphatic carboxylic acids is 1. The minimum atomic E-state index is -0.875. The maximum atomic E-state index is 11.0. The maximum absolute atomic E-state index is 11.0. The summed E-state index contributed by atoms with van der Waals surface area (Å²) in [7, 11) is 0. The Labute approximate surface area is 115 Å². The Kier molecular flexibility index (Phi) is 3.50. The minimum Gasteiger partial charge on any atom is -0.479 e. The first-order chi connectivity index (χ1) is 9.24. The normalized spacial score (nSPS) is 20.7. The second-order valence-electron chi connectivity index (χ2n) is 4.69. The summed E-state index contributed by atoms with van der Waals surface area (Å²) in [6, 6.07) is 8.31. The van der Waals surface area contributed by atoms with Crippen LogP contribution in [0.3, 0.4) is 0 Å². The van der Waals surface area contributed by atoms with Crippen LogP contribution in [0.25, 0.3) is 10.1 Å². The summed E-state index contributed by atoms with van der Waals surface area (Å²) in [5, 5.41) is 12.4. The number of nitrogens with zero attached hydrogens (tertiary/aromatic N) is 1. The molecule has 1 atom stereocenters. The topological polar surface area (TPSA) is 49.8 Å². The SMILES string of the molecule is O=C(O)[C@@H]1CN(Cc2csc3ccccc23)CCO1. The van der Waals surface area contributed by atoms with Gasteiger partial charge < -0.3 is 9.84 Å². The van der Waals surface area contributed by atoms with Gasteiger partial charge in [-0.25, -0.2) is 4.79 Å². The van der Waals surface area contributed by atoms with E-state index < -0.39 is 12.1 Å². The van der Waals surface area contributed by atoms with Crippen molar-refractivity contribution >= 4 is 27.4 Å². The van der Waals surface area contributed by atoms with Crippen molar-refractivity contribution in [1.29, 1.82) is 0 Å². The van der Waals surface area contributed by atoms with Crippen molar-refractivity contribution in [2.24, 2.45) is 0 Å². The molecule has 0 radical (unpaired) electrons. The van der Waals surface area contributed by atoms with Gasteiger partial charge in [0.25, 0.3) is 0 Å². The summed E-state index contributed by atoms with van der Waals surface area (Å²) < 4.78 is 6.52. The summed E-state index contributed by atoms with van der Waals surface area (Å²) in [5.74, 6) is -0.875. The highest BCUT2D eigenvalue weighted by molar-refractivity contribution is 7.17. The van der Waals surface area contributed by atoms with Crippen LogP contribution >= 0.6 is 11.3 Å². The third-order valence-electron chi connectivity index (χ3n) is 3.38. The number of thiophene rings is 1. The number of carbonyl (C=O) groups is 1. The second kappa shape index (κ2) is 5.28. The summed E-state index contributed by atoms with van der Waals surface area (Å²) in [5.41, 5.74) is 1.27. The van der Waals surface area contributed by atoms with Crippen LogP contribution < -0.4 is 0 Å². The summed E-state index contributed by atoms with van der Waals surface area (Å²) >= 11 is 1.74. The number of morpholine rings is 1. The quantitative estimate of drug-likeness (QED) is 0.934. The Morgan fingerprint density at radius 2 is 2.32 bits per heavy atom. The standard InChI is InChI=1S/C14H15NO3S/c16-14(17)12-8-15(5-6-18-12)7-10-9-19-13-4-2-1-3-11(10)13/h1-4,9,12H,5-8H2,(H,16,17)/t12-/m0/s1. The van der Waals surface area contributed by atoms with E-state index in [2.05, 4.69) is 22.4 Å². The predicted octanol–water partition coefficient (Wildman–Crippen LogP) is 2.19. The van der Waals surface area contributed by atoms with Crippen LogP contribution in [0.5, 0.6) is 0 Å². The number of fused-ring (bicyclic) bond motifs is 1. The lowest BCUT2D eigenvalue weighted by atomic mass is 10.1. The summed E-state index contributed by atoms with van der Waals surface area (Å²) in [4.78, 5) is 13.1. The lowest BCUT2D eigenvalue weighted by molar-refractivity contribution is -0.156. The van der Waals surface area contributed by atoms with E-state index in [4.69, 9.17) is 9.84 Å². The highest BCUT2D eigenvalue weighted by Gasteiger charge is 2.26. The van der Waals surface area contributed by atoms with Gasteiger partial charge in [-0.1, -0.05) is 18.2 Å². The monoisotopic (exact) mass is 277 g/mol. The third-order valence-corrected chi connectivity index (χ3v) is 4.39. The fourth-order valence-corrected chi connectivity index (χ4v) is 3.35. The van der Waals surface area contributed by atoms with Crippen molar-refractivity contribution in [1.82, 2.24) is 4.90 Å². The van der Waals surface area contributed by atoms with Crippen molar-refractivity contribution in [3.05, 3.63) is 35.2 Å². The molecule has 19 heavy (non-hydrogen) atoms. The molecule has 2 aromatic rings. The van der Waals surface area contributed by atoms with E-state index in [0.717, 1.165) is 13.1 Å². The van der Waals surface area contributed by atoms with Crippen molar-refractivity contribution in [3.8, 4) is 0 Å². The number of rotatable bonds is 3. The van der Waals surface area contributed by atoms with E-state index in [9.17, 15) is 4.79 Å². The van der Waals surface area contributed by atoms with Crippen LogP contribution in [0, 0.1) is 0 Å². The molecular weight excluding hydrogens is 262 g/mol. The first kappa shape index (κ1) is 12.6. The molecule has 1 aromatic heterocycles. The van der Waals surface area contributed by atoms with Crippen molar-refractivity contribution in [2.45, 2.75) is 12.6 Å². The molecule has 0 unspecified atom stereocenters. The van der Waals surface area contributed by atoms with E-state index in [1.165, 1.54) is 15.6 Å². The summed E-state index contributed by atoms with van der Waals surface area (Å²) in [6.45, 7) is 2.52. The first-order valence-electron chi connectivity index (χ1n) is 6.26. The minimum absolute atomic E-state index is 0.458. The van der Waals surface area contributed by atoms with Crippen LogP contribution in [-0.2, 0) is 16.1 Å². The molecule has 1 saturated heterocycles. The number of carboxylic acid groups (broad SMARTS) is 1. The van der Waals surface area contributed by atoms with Crippen LogP contribution in [0.15, 0.2) is 29.6 Å². The van der Waals surface area contributed by atoms with Gasteiger partial charge in [0, 0.05) is 24.3 Å². The molecule has 1 aliphatic rings. The maximum Gasteiger partial charge on any atom is 0.334 e. The van der Waals surface area contributed by atoms with Crippen molar-refractivity contribution < 1.29 is 14.6 Å². The largest absolute Gasteiger partial charge is 0.479 e. The third kappa shape index (κ3) is 2.63. The molecule has 1 aliphatic heterocycles. The van der Waals surface area contributed by atoms with Gasteiger partial charge in [-0.2, -0.15) is 0 Å². The van der Waals surface area contributed by atoms with Crippen molar-refractivity contribution in [3.63, 3.8) is 0 Å². The van der Waals surface area contributed by atoms with Crippen LogP contribution in [-0.4, -0.2) is 41.8 Å². The molecule has 5 heteroatoms. The molecule has 100 valence electrons. The predicted molar refractivity (Wildman–Crippen MR) is 74.5 cm³/mol. The zero-order valence-corrected chi connectivity index (χ0v) is 11.2. The molecular formula is C14H15NO3S. The molecule has 0 saturated carbocycles. The molecule has 2 heterocycles. The summed E-state index contributed by atoms with van der Waals surface area (Å²) in [6.07, 6.45) is -0.696. The van der Waals surface area contributed by atoms with E-state index in [0.29, 0.717) is 13.2 Å². The Bertz CT molecular complexity index is 595. The molecule has 0 aliphatic carbocycles. The second-order valence-corrected chi connectivity index (χ2v) is 5.60. The molecule has 0 bridgehead atoms. The Morgan fingerprint density at radius 1 is 1.47 bits per heavy atom. The number of benzene rings is 1. The van der Waals surface area contributed by atoms with Gasteiger partial charge >= 0.3 is 5.97 Å². The van der Waals surface area contributed by atoms with Gasteiger partial charge in [-0.05, 0) is 22.4 Å². The van der Waals surface area contributed by atoms with Gasteiger partial charge in [0.15, 0.2) is 6.10 Å². The average molecular weight is 277 g/mol. The van der Waals surface area contributed by atoms with E-state index in [-0.39, 0.29) is 0 Å². The average Bonchev–Trinajstić information content (AvgIpc) is 2.83. The highest BCUT2D eigenvalue weighted by atomic mass is 32.1. The van der Waals surface area contributed by atoms with E-state index in [1.807, 2.05) is 12.1 Å². The highest BCUT2D eigenvalue weighted by Crippen LogP contribution is 2.27. The molecule has 4 nitrogen and oxygen atoms in total. The number of carboxylic acids is 1. The lowest BCUT2D eigenvalue weighted by Gasteiger charge is -2.30. The molecule has 1 fully saturated rings. The number of hydrogen-bond donors (Lipinski definition) is 1. The van der Waals surface area contributed by atoms with Gasteiger partial charge in [0.05, 0.1) is 6.61 Å². The molecule has 0 amide bonds. The Morgan fingerprint density at radius 3 is 3.16 bits per heavy atom. The fourth-order valence-electron chi connectivity index (χ4n) is 2.39. The first-order valence-corrected chi connectivity index (χ1v) is 7.14. The van der Waals surface area contributed by atoms with E-state index in [1.54, 1.807) is 11.3 Å². The zero-order valence-electron chi connectivity index (χ0n) is 10.4. The molecule has 3 rings (SSSR count). The van der Waals surface area contributed by atoms with Crippen LogP contribution in [0.1, 0.15) is 5.56 Å². The molecule has 1 aromatic carbocycles. The van der Waals surface area contributed by atoms with Crippen LogP contribution in [0.2, 0.25) is 0 Å². The van der Waals surface area contributed by atoms with Gasteiger partial charge in [-0.3, -0.25) is 4.90 Å². The van der Waals surface area contributed by atoms with Gasteiger partial charge in [0.1, 0.15) is 0 Å². The molecule has 1 N–H and O–H groups in total. The van der Waals surface area contributed by atoms with Crippen molar-refractivity contribution in [2.75, 3.05) is 19.7 Å². The van der Waals surface area contributed by atoms with Gasteiger partial charge in [-0.15, -0.1) is 11.3 Å². The Hall–Kier alpha value is -1.43. The molecule has 0 spiro atoms. The Balaban J connectivity index is 1.76. The van der Waals surface area contributed by atoms with E-state index >= 15 is 0 Å². The van der Waals surface area contributed by atoms with Crippen LogP contribution in [0.4, 0.5) is 0 Å². The smallest absolute Gasteiger partial charge is 0.334 e.